The van der Waals surface area contributed by atoms with Crippen molar-refractivity contribution >= 4 is 11.9 Å². The van der Waals surface area contributed by atoms with Gasteiger partial charge in [0.15, 0.2) is 0 Å². The molecule has 0 amide bonds. The Bertz CT molecular complexity index is 1240. The van der Waals surface area contributed by atoms with Crippen molar-refractivity contribution in [3.63, 3.8) is 0 Å². The van der Waals surface area contributed by atoms with Gasteiger partial charge in [-0.1, -0.05) is 32.9 Å². The van der Waals surface area contributed by atoms with Crippen molar-refractivity contribution in [2.75, 3.05) is 13.2 Å². The van der Waals surface area contributed by atoms with Crippen LogP contribution in [0.15, 0.2) is 37.4 Å². The molecule has 5 fully saturated rings. The maximum atomic E-state index is 11.9. The molecule has 6 heteroatoms. The van der Waals surface area contributed by atoms with Gasteiger partial charge >= 0.3 is 11.9 Å². The Morgan fingerprint density at radius 2 is 1.43 bits per heavy atom. The van der Waals surface area contributed by atoms with E-state index in [0.29, 0.717) is 17.8 Å². The summed E-state index contributed by atoms with van der Waals surface area (Å²) < 4.78 is 24.2. The van der Waals surface area contributed by atoms with Crippen LogP contribution in [-0.4, -0.2) is 37.4 Å². The first-order chi connectivity index (χ1) is 21.2. The summed E-state index contributed by atoms with van der Waals surface area (Å²) in [4.78, 5) is 23.8. The average molecular weight is 605 g/mol. The Balaban J connectivity index is 1.40. The topological polar surface area (TPSA) is 71.1 Å². The Labute approximate surface area is 263 Å². The van der Waals surface area contributed by atoms with Crippen molar-refractivity contribution in [2.24, 2.45) is 35.5 Å². The highest BCUT2D eigenvalue weighted by Crippen LogP contribution is 2.64. The number of carbonyl (C=O) groups excluding carboxylic acids is 2. The predicted molar refractivity (Wildman–Crippen MR) is 171 cm³/mol. The highest BCUT2D eigenvalue weighted by Gasteiger charge is 2.55. The van der Waals surface area contributed by atoms with Gasteiger partial charge in [-0.25, -0.2) is 9.59 Å². The highest BCUT2D eigenvalue weighted by molar-refractivity contribution is 5.81. The van der Waals surface area contributed by atoms with Gasteiger partial charge in [0.2, 0.25) is 0 Å². The monoisotopic (exact) mass is 604 g/mol. The Morgan fingerprint density at radius 1 is 0.818 bits per heavy atom. The summed E-state index contributed by atoms with van der Waals surface area (Å²) >= 11 is 0. The molecule has 0 aromatic heterocycles. The van der Waals surface area contributed by atoms with Crippen LogP contribution in [0.25, 0.3) is 0 Å². The van der Waals surface area contributed by atoms with E-state index in [1.807, 2.05) is 13.8 Å². The Kier molecular flexibility index (Phi) is 9.17. The van der Waals surface area contributed by atoms with E-state index >= 15 is 0 Å². The molecule has 0 radical (unpaired) electrons. The molecule has 5 aliphatic rings. The number of fused-ring (bicyclic) bond motifs is 4. The highest BCUT2D eigenvalue weighted by atomic mass is 16.6. The Morgan fingerprint density at radius 3 is 2.07 bits per heavy atom. The van der Waals surface area contributed by atoms with Crippen LogP contribution in [0.3, 0.4) is 0 Å². The summed E-state index contributed by atoms with van der Waals surface area (Å²) in [5.41, 5.74) is 2.81. The third kappa shape index (κ3) is 6.33. The molecule has 5 bridgehead atoms. The van der Waals surface area contributed by atoms with Gasteiger partial charge in [-0.15, -0.1) is 0 Å². The number of ether oxygens (including phenoxy) is 4. The minimum absolute atomic E-state index is 0.127. The predicted octanol–water partition coefficient (Wildman–Crippen LogP) is 8.08. The summed E-state index contributed by atoms with van der Waals surface area (Å²) in [7, 11) is 0. The van der Waals surface area contributed by atoms with Crippen molar-refractivity contribution in [3.05, 3.63) is 48.6 Å². The van der Waals surface area contributed by atoms with Gasteiger partial charge in [0.1, 0.15) is 36.9 Å². The fraction of sp³-hybridized carbons (Fsp3) is 0.684. The van der Waals surface area contributed by atoms with E-state index in [4.69, 9.17) is 18.9 Å². The normalized spacial score (nSPS) is 34.8. The third-order valence-corrected chi connectivity index (χ3v) is 11.8. The second kappa shape index (κ2) is 12.9. The molecule has 6 rings (SSSR count). The standard InChI is InChI=1S/C38H52O6/c1-6-35(39)43-24(4)21-41-33-17-34(42-22-25(5)44-36(40)7-2)32(38-18-26-11-12-29(19-38)30(15-26)20-38)16-31(33)37-27-9-8-10-28(37)14-23(3)13-27/h6-7,16-17,23-30,37H,1-2,8-15,18-22H2,3-5H3/t23?,24?,25?,26?,27-,28?,29?,30?,37?,38?/m0/s1. The lowest BCUT2D eigenvalue weighted by atomic mass is 9.59. The van der Waals surface area contributed by atoms with Crippen LogP contribution in [-0.2, 0) is 24.5 Å². The molecule has 0 saturated heterocycles. The van der Waals surface area contributed by atoms with Gasteiger partial charge in [0, 0.05) is 23.8 Å². The second-order valence-corrected chi connectivity index (χ2v) is 15.1. The molecular formula is C38H52O6. The minimum atomic E-state index is -0.443. The SMILES string of the molecule is C=CC(=O)OC(C)COc1cc(OCC(C)OC(=O)C=C)c(C23CC4CCC(C2)C(C4)C3)cc1C1C2CCC[C@H]1CC(C)C2. The molecule has 10 atom stereocenters. The van der Waals surface area contributed by atoms with Crippen LogP contribution < -0.4 is 9.47 Å². The summed E-state index contributed by atoms with van der Waals surface area (Å²) in [5.74, 6) is 5.78. The number of rotatable bonds is 12. The molecule has 5 aliphatic carbocycles. The molecule has 44 heavy (non-hydrogen) atoms. The van der Waals surface area contributed by atoms with Crippen molar-refractivity contribution in [2.45, 2.75) is 115 Å². The van der Waals surface area contributed by atoms with Crippen molar-refractivity contribution < 1.29 is 28.5 Å². The average Bonchev–Trinajstić information content (AvgIpc) is 3.17. The van der Waals surface area contributed by atoms with E-state index in [1.165, 1.54) is 93.9 Å². The maximum Gasteiger partial charge on any atom is 0.330 e. The zero-order chi connectivity index (χ0) is 31.0. The van der Waals surface area contributed by atoms with Gasteiger partial charge in [-0.2, -0.15) is 0 Å². The van der Waals surface area contributed by atoms with E-state index in [2.05, 4.69) is 32.2 Å². The molecular weight excluding hydrogens is 552 g/mol. The van der Waals surface area contributed by atoms with E-state index in [-0.39, 0.29) is 18.6 Å². The van der Waals surface area contributed by atoms with Crippen LogP contribution in [0, 0.1) is 35.5 Å². The lowest BCUT2D eigenvalue weighted by Gasteiger charge is -2.46. The molecule has 0 spiro atoms. The van der Waals surface area contributed by atoms with E-state index in [1.54, 1.807) is 0 Å². The van der Waals surface area contributed by atoms with Gasteiger partial charge in [-0.3, -0.25) is 0 Å². The molecule has 0 aliphatic heterocycles. The zero-order valence-corrected chi connectivity index (χ0v) is 27.1. The van der Waals surface area contributed by atoms with E-state index < -0.39 is 24.1 Å². The van der Waals surface area contributed by atoms with Gasteiger partial charge in [0.05, 0.1) is 0 Å². The van der Waals surface area contributed by atoms with Crippen LogP contribution in [0.2, 0.25) is 0 Å². The number of carbonyl (C=O) groups is 2. The smallest absolute Gasteiger partial charge is 0.330 e. The summed E-state index contributed by atoms with van der Waals surface area (Å²) in [6.07, 6.45) is 15.8. The van der Waals surface area contributed by atoms with Gasteiger partial charge < -0.3 is 18.9 Å². The molecule has 0 heterocycles. The summed E-state index contributed by atoms with van der Waals surface area (Å²) in [6.45, 7) is 13.7. The number of benzene rings is 1. The lowest BCUT2D eigenvalue weighted by molar-refractivity contribution is -0.144. The minimum Gasteiger partial charge on any atom is -0.489 e. The van der Waals surface area contributed by atoms with E-state index in [9.17, 15) is 9.59 Å². The fourth-order valence-corrected chi connectivity index (χ4v) is 10.3. The number of hydrogen-bond acceptors (Lipinski definition) is 6. The van der Waals surface area contributed by atoms with E-state index in [0.717, 1.165) is 35.2 Å². The van der Waals surface area contributed by atoms with Crippen molar-refractivity contribution in [1.82, 2.24) is 0 Å². The molecule has 9 unspecified atom stereocenters. The molecule has 0 N–H and O–H groups in total. The molecule has 240 valence electrons. The quantitative estimate of drug-likeness (QED) is 0.177. The van der Waals surface area contributed by atoms with Crippen molar-refractivity contribution in [1.29, 1.82) is 0 Å². The first-order valence-electron chi connectivity index (χ1n) is 17.3. The molecule has 1 aromatic rings. The first-order valence-corrected chi connectivity index (χ1v) is 17.3. The molecule has 6 nitrogen and oxygen atoms in total. The first kappa shape index (κ1) is 31.2. The zero-order valence-electron chi connectivity index (χ0n) is 27.1. The molecule has 5 saturated carbocycles. The number of hydrogen-bond donors (Lipinski definition) is 0. The Hall–Kier alpha value is -2.76. The van der Waals surface area contributed by atoms with Crippen LogP contribution in [0.1, 0.15) is 108 Å². The largest absolute Gasteiger partial charge is 0.489 e. The van der Waals surface area contributed by atoms with Gasteiger partial charge in [0.25, 0.3) is 0 Å². The maximum absolute atomic E-state index is 11.9. The van der Waals surface area contributed by atoms with Crippen LogP contribution >= 0.6 is 0 Å². The fourth-order valence-electron chi connectivity index (χ4n) is 10.3. The lowest BCUT2D eigenvalue weighted by Crippen LogP contribution is -2.35. The molecule has 1 aromatic carbocycles. The third-order valence-electron chi connectivity index (χ3n) is 11.8. The number of esters is 2. The second-order valence-electron chi connectivity index (χ2n) is 15.1. The van der Waals surface area contributed by atoms with Crippen LogP contribution in [0.4, 0.5) is 0 Å². The van der Waals surface area contributed by atoms with Crippen LogP contribution in [0.5, 0.6) is 11.5 Å². The van der Waals surface area contributed by atoms with Crippen molar-refractivity contribution in [3.8, 4) is 11.5 Å². The van der Waals surface area contributed by atoms with Gasteiger partial charge in [-0.05, 0) is 130 Å². The summed E-state index contributed by atoms with van der Waals surface area (Å²) in [5, 5.41) is 0. The summed E-state index contributed by atoms with van der Waals surface area (Å²) in [6, 6.07) is 4.64.